The average molecular weight is 210 g/mol. The van der Waals surface area contributed by atoms with Crippen LogP contribution in [0, 0.1) is 4.91 Å². The normalized spacial score (nSPS) is 9.87. The van der Waals surface area contributed by atoms with Gasteiger partial charge in [0.05, 0.1) is 28.3 Å². The van der Waals surface area contributed by atoms with Crippen LogP contribution in [0.4, 0.5) is 28.4 Å². The lowest BCUT2D eigenvalue weighted by atomic mass is 10.1. The number of hydrogen-bond acceptors (Lipinski definition) is 7. The van der Waals surface area contributed by atoms with Crippen LogP contribution < -0.4 is 28.7 Å². The van der Waals surface area contributed by atoms with Crippen molar-refractivity contribution in [2.24, 2.45) is 10.9 Å². The molecular weight excluding hydrogens is 200 g/mol. The van der Waals surface area contributed by atoms with Gasteiger partial charge in [-0.25, -0.2) is 0 Å². The summed E-state index contributed by atoms with van der Waals surface area (Å²) in [7, 11) is 0. The summed E-state index contributed by atoms with van der Waals surface area (Å²) in [5.74, 6) is -0.874. The third-order valence-electron chi connectivity index (χ3n) is 1.97. The standard InChI is InChI=1S/C7H10N6O2/c8-2-1(7(12)14)3(9)5(11)6(13-15)4(2)10/h8-11H2,(H2,12,14). The first-order valence-corrected chi connectivity index (χ1v) is 3.80. The summed E-state index contributed by atoms with van der Waals surface area (Å²) in [5, 5.41) is 2.58. The fourth-order valence-corrected chi connectivity index (χ4v) is 1.18. The van der Waals surface area contributed by atoms with Crippen LogP contribution >= 0.6 is 0 Å². The summed E-state index contributed by atoms with van der Waals surface area (Å²) in [5.41, 5.74) is 25.6. The lowest BCUT2D eigenvalue weighted by molar-refractivity contribution is 0.100. The predicted molar refractivity (Wildman–Crippen MR) is 58.1 cm³/mol. The first kappa shape index (κ1) is 10.6. The monoisotopic (exact) mass is 210 g/mol. The van der Waals surface area contributed by atoms with Crippen LogP contribution in [0.5, 0.6) is 0 Å². The molecule has 1 aromatic rings. The Hall–Kier alpha value is -2.51. The number of benzene rings is 1. The Morgan fingerprint density at radius 1 is 0.933 bits per heavy atom. The van der Waals surface area contributed by atoms with Crippen molar-refractivity contribution in [3.8, 4) is 0 Å². The number of hydrogen-bond donors (Lipinski definition) is 5. The number of amides is 1. The molecule has 0 radical (unpaired) electrons. The average Bonchev–Trinajstić information content (AvgIpc) is 2.16. The highest BCUT2D eigenvalue weighted by molar-refractivity contribution is 6.11. The molecule has 10 N–H and O–H groups in total. The van der Waals surface area contributed by atoms with Crippen molar-refractivity contribution in [2.45, 2.75) is 0 Å². The molecule has 0 unspecified atom stereocenters. The number of nitrogens with zero attached hydrogens (tertiary/aromatic N) is 1. The summed E-state index contributed by atoms with van der Waals surface area (Å²) in [4.78, 5) is 21.4. The minimum Gasteiger partial charge on any atom is -0.396 e. The van der Waals surface area contributed by atoms with E-state index in [2.05, 4.69) is 5.18 Å². The molecule has 0 saturated carbocycles. The Bertz CT molecular complexity index is 426. The maximum absolute atomic E-state index is 11.0. The van der Waals surface area contributed by atoms with E-state index in [1.807, 2.05) is 0 Å². The van der Waals surface area contributed by atoms with Gasteiger partial charge in [-0.05, 0) is 5.18 Å². The smallest absolute Gasteiger partial charge is 0.253 e. The molecule has 1 amide bonds. The van der Waals surface area contributed by atoms with Crippen LogP contribution in [0.3, 0.4) is 0 Å². The minimum absolute atomic E-state index is 0.191. The van der Waals surface area contributed by atoms with E-state index in [0.29, 0.717) is 0 Å². The second-order valence-electron chi connectivity index (χ2n) is 2.83. The highest BCUT2D eigenvalue weighted by Crippen LogP contribution is 2.41. The number of nitrogen functional groups attached to an aromatic ring is 4. The molecule has 0 bridgehead atoms. The van der Waals surface area contributed by atoms with Gasteiger partial charge in [-0.2, -0.15) is 0 Å². The molecule has 15 heavy (non-hydrogen) atoms. The summed E-state index contributed by atoms with van der Waals surface area (Å²) in [6.07, 6.45) is 0. The van der Waals surface area contributed by atoms with Gasteiger partial charge in [0.1, 0.15) is 0 Å². The molecule has 0 fully saturated rings. The maximum atomic E-state index is 11.0. The van der Waals surface area contributed by atoms with Crippen LogP contribution in [0.2, 0.25) is 0 Å². The molecule has 0 aliphatic rings. The lowest BCUT2D eigenvalue weighted by Crippen LogP contribution is -2.18. The Labute approximate surface area is 84.4 Å². The number of carbonyl (C=O) groups is 1. The van der Waals surface area contributed by atoms with E-state index in [1.54, 1.807) is 0 Å². The van der Waals surface area contributed by atoms with Crippen molar-refractivity contribution in [3.05, 3.63) is 10.5 Å². The Kier molecular flexibility index (Phi) is 2.35. The molecule has 0 aromatic heterocycles. The van der Waals surface area contributed by atoms with Crippen molar-refractivity contribution < 1.29 is 4.79 Å². The number of carbonyl (C=O) groups excluding carboxylic acids is 1. The van der Waals surface area contributed by atoms with Gasteiger partial charge < -0.3 is 28.7 Å². The van der Waals surface area contributed by atoms with Crippen LogP contribution in [-0.4, -0.2) is 5.91 Å². The zero-order chi connectivity index (χ0) is 11.7. The van der Waals surface area contributed by atoms with Gasteiger partial charge in [0.2, 0.25) is 0 Å². The van der Waals surface area contributed by atoms with Gasteiger partial charge in [0, 0.05) is 0 Å². The number of nitroso groups, excluding NO2 is 1. The van der Waals surface area contributed by atoms with Crippen molar-refractivity contribution >= 4 is 34.3 Å². The molecule has 8 nitrogen and oxygen atoms in total. The highest BCUT2D eigenvalue weighted by Gasteiger charge is 2.21. The van der Waals surface area contributed by atoms with E-state index in [9.17, 15) is 9.70 Å². The molecule has 0 spiro atoms. The first-order chi connectivity index (χ1) is 6.91. The molecule has 80 valence electrons. The van der Waals surface area contributed by atoms with Crippen LogP contribution in [0.15, 0.2) is 5.18 Å². The van der Waals surface area contributed by atoms with Gasteiger partial charge in [0.25, 0.3) is 5.91 Å². The third kappa shape index (κ3) is 1.37. The second-order valence-corrected chi connectivity index (χ2v) is 2.83. The molecule has 0 aliphatic heterocycles. The van der Waals surface area contributed by atoms with Crippen LogP contribution in [-0.2, 0) is 0 Å². The second kappa shape index (κ2) is 3.33. The lowest BCUT2D eigenvalue weighted by Gasteiger charge is -2.12. The van der Waals surface area contributed by atoms with Gasteiger partial charge in [-0.15, -0.1) is 4.91 Å². The van der Waals surface area contributed by atoms with Crippen molar-refractivity contribution in [1.82, 2.24) is 0 Å². The highest BCUT2D eigenvalue weighted by atomic mass is 16.3. The van der Waals surface area contributed by atoms with Crippen LogP contribution in [0.25, 0.3) is 0 Å². The topological polar surface area (TPSA) is 177 Å². The third-order valence-corrected chi connectivity index (χ3v) is 1.97. The van der Waals surface area contributed by atoms with Crippen molar-refractivity contribution in [1.29, 1.82) is 0 Å². The van der Waals surface area contributed by atoms with Crippen molar-refractivity contribution in [3.63, 3.8) is 0 Å². The summed E-state index contributed by atoms with van der Waals surface area (Å²) in [6, 6.07) is 0. The molecule has 0 saturated heterocycles. The summed E-state index contributed by atoms with van der Waals surface area (Å²) in [6.45, 7) is 0. The maximum Gasteiger partial charge on any atom is 0.253 e. The number of nitrogens with two attached hydrogens (primary N) is 5. The Morgan fingerprint density at radius 3 is 1.60 bits per heavy atom. The minimum atomic E-state index is -0.874. The Morgan fingerprint density at radius 2 is 1.33 bits per heavy atom. The Balaban J connectivity index is 3.74. The molecular formula is C7H10N6O2. The van der Waals surface area contributed by atoms with Gasteiger partial charge in [-0.3, -0.25) is 4.79 Å². The molecule has 0 aliphatic carbocycles. The van der Waals surface area contributed by atoms with E-state index >= 15 is 0 Å². The zero-order valence-corrected chi connectivity index (χ0v) is 7.65. The first-order valence-electron chi connectivity index (χ1n) is 3.80. The van der Waals surface area contributed by atoms with Gasteiger partial charge in [-0.1, -0.05) is 0 Å². The fraction of sp³-hybridized carbons (Fsp3) is 0. The number of primary amides is 1. The summed E-state index contributed by atoms with van der Waals surface area (Å²) < 4.78 is 0. The largest absolute Gasteiger partial charge is 0.396 e. The molecule has 1 aromatic carbocycles. The van der Waals surface area contributed by atoms with E-state index in [-0.39, 0.29) is 34.0 Å². The van der Waals surface area contributed by atoms with Crippen molar-refractivity contribution in [2.75, 3.05) is 22.9 Å². The molecule has 0 atom stereocenters. The zero-order valence-electron chi connectivity index (χ0n) is 7.65. The molecule has 0 heterocycles. The van der Waals surface area contributed by atoms with E-state index in [0.717, 1.165) is 0 Å². The quantitative estimate of drug-likeness (QED) is 0.324. The van der Waals surface area contributed by atoms with E-state index < -0.39 is 5.91 Å². The number of rotatable bonds is 2. The number of anilines is 4. The van der Waals surface area contributed by atoms with Crippen LogP contribution in [0.1, 0.15) is 10.4 Å². The van der Waals surface area contributed by atoms with E-state index in [4.69, 9.17) is 28.7 Å². The predicted octanol–water partition coefficient (Wildman–Crippen LogP) is -0.488. The fourth-order valence-electron chi connectivity index (χ4n) is 1.18. The van der Waals surface area contributed by atoms with E-state index in [1.165, 1.54) is 0 Å². The van der Waals surface area contributed by atoms with Gasteiger partial charge in [0.15, 0.2) is 5.69 Å². The SMILES string of the molecule is NC(=O)c1c(N)c(N)c(N=O)c(N)c1N. The summed E-state index contributed by atoms with van der Waals surface area (Å²) >= 11 is 0. The molecule has 1 rings (SSSR count). The van der Waals surface area contributed by atoms with Gasteiger partial charge >= 0.3 is 0 Å². The molecule has 8 heteroatoms.